The Morgan fingerprint density at radius 3 is 2.48 bits per heavy atom. The van der Waals surface area contributed by atoms with Crippen molar-refractivity contribution in [3.05, 3.63) is 102 Å². The number of hydrogen-bond acceptors (Lipinski definition) is 4. The number of nitrogens with one attached hydrogen (secondary N) is 1. The number of aryl methyl sites for hydroxylation is 1. The minimum absolute atomic E-state index is 0.176. The van der Waals surface area contributed by atoms with Crippen LogP contribution in [-0.4, -0.2) is 27.0 Å². The number of benzene rings is 3. The zero-order chi connectivity index (χ0) is 21.2. The van der Waals surface area contributed by atoms with E-state index < -0.39 is 0 Å². The number of thioether (sulfide) groups is 1. The SMILES string of the molecule is O=C(Nc1cccc(-c2cn3c(n2)SCC3)c1)c1ccccc1C(=O)c1ccccc1. The number of amides is 1. The molecule has 0 radical (unpaired) electrons. The summed E-state index contributed by atoms with van der Waals surface area (Å²) in [6, 6.07) is 23.5. The number of ketones is 1. The molecule has 6 heteroatoms. The molecule has 4 aromatic rings. The van der Waals surface area contributed by atoms with Crippen LogP contribution in [0, 0.1) is 0 Å². The first-order chi connectivity index (χ1) is 15.2. The van der Waals surface area contributed by atoms with Crippen LogP contribution in [0.15, 0.2) is 90.2 Å². The lowest BCUT2D eigenvalue weighted by molar-refractivity contribution is 0.0996. The van der Waals surface area contributed by atoms with Crippen LogP contribution in [0.4, 0.5) is 5.69 Å². The maximum atomic E-state index is 13.0. The monoisotopic (exact) mass is 425 g/mol. The van der Waals surface area contributed by atoms with Crippen LogP contribution in [0.2, 0.25) is 0 Å². The predicted octanol–water partition coefficient (Wildman–Crippen LogP) is 5.14. The molecular formula is C25H19N3O2S. The zero-order valence-corrected chi connectivity index (χ0v) is 17.4. The fraction of sp³-hybridized carbons (Fsp3) is 0.0800. The molecule has 0 spiro atoms. The van der Waals surface area contributed by atoms with Gasteiger partial charge in [0.25, 0.3) is 5.91 Å². The van der Waals surface area contributed by atoms with Crippen LogP contribution in [0.5, 0.6) is 0 Å². The summed E-state index contributed by atoms with van der Waals surface area (Å²) in [4.78, 5) is 30.7. The molecule has 0 atom stereocenters. The first-order valence-corrected chi connectivity index (χ1v) is 11.0. The molecule has 3 aromatic carbocycles. The van der Waals surface area contributed by atoms with E-state index in [0.29, 0.717) is 22.4 Å². The van der Waals surface area contributed by atoms with Gasteiger partial charge in [-0.1, -0.05) is 72.4 Å². The molecule has 5 rings (SSSR count). The molecule has 1 amide bonds. The van der Waals surface area contributed by atoms with E-state index in [2.05, 4.69) is 14.9 Å². The van der Waals surface area contributed by atoms with Gasteiger partial charge in [-0.3, -0.25) is 9.59 Å². The molecular weight excluding hydrogens is 406 g/mol. The van der Waals surface area contributed by atoms with Gasteiger partial charge in [0.2, 0.25) is 0 Å². The standard InChI is InChI=1S/C25H19N3O2S/c29-23(17-7-2-1-3-8-17)20-11-4-5-12-21(20)24(30)26-19-10-6-9-18(15-19)22-16-28-13-14-31-25(28)27-22/h1-12,15-16H,13-14H2,(H,26,30). The third-order valence-corrected chi connectivity index (χ3v) is 6.14. The highest BCUT2D eigenvalue weighted by Gasteiger charge is 2.19. The number of anilines is 1. The quantitative estimate of drug-likeness (QED) is 0.450. The summed E-state index contributed by atoms with van der Waals surface area (Å²) in [5, 5.41) is 3.96. The van der Waals surface area contributed by atoms with E-state index in [-0.39, 0.29) is 11.7 Å². The van der Waals surface area contributed by atoms with Gasteiger partial charge in [-0.05, 0) is 18.2 Å². The van der Waals surface area contributed by atoms with E-state index in [1.54, 1.807) is 48.2 Å². The van der Waals surface area contributed by atoms with E-state index in [9.17, 15) is 9.59 Å². The predicted molar refractivity (Wildman–Crippen MR) is 123 cm³/mol. The second-order valence-corrected chi connectivity index (χ2v) is 8.29. The van der Waals surface area contributed by atoms with Crippen molar-refractivity contribution in [2.75, 3.05) is 11.1 Å². The Balaban J connectivity index is 1.40. The molecule has 0 bridgehead atoms. The van der Waals surface area contributed by atoms with Crippen LogP contribution in [0.25, 0.3) is 11.3 Å². The van der Waals surface area contributed by atoms with Crippen molar-refractivity contribution in [1.29, 1.82) is 0 Å². The number of imidazole rings is 1. The number of hydrogen-bond donors (Lipinski definition) is 1. The van der Waals surface area contributed by atoms with Gasteiger partial charge in [0.05, 0.1) is 11.3 Å². The molecule has 0 fully saturated rings. The van der Waals surface area contributed by atoms with E-state index in [0.717, 1.165) is 28.7 Å². The molecule has 1 N–H and O–H groups in total. The molecule has 0 aliphatic carbocycles. The van der Waals surface area contributed by atoms with Crippen molar-refractivity contribution in [1.82, 2.24) is 9.55 Å². The molecule has 1 aromatic heterocycles. The Hall–Kier alpha value is -3.64. The average molecular weight is 426 g/mol. The third kappa shape index (κ3) is 3.90. The number of carbonyl (C=O) groups is 2. The van der Waals surface area contributed by atoms with Crippen LogP contribution in [-0.2, 0) is 6.54 Å². The summed E-state index contributed by atoms with van der Waals surface area (Å²) in [5.74, 6) is 0.560. The van der Waals surface area contributed by atoms with E-state index in [4.69, 9.17) is 0 Å². The smallest absolute Gasteiger partial charge is 0.256 e. The van der Waals surface area contributed by atoms with E-state index in [1.165, 1.54) is 0 Å². The number of carbonyl (C=O) groups excluding carboxylic acids is 2. The number of aromatic nitrogens is 2. The summed E-state index contributed by atoms with van der Waals surface area (Å²) >= 11 is 1.75. The summed E-state index contributed by atoms with van der Waals surface area (Å²) in [5.41, 5.74) is 3.76. The van der Waals surface area contributed by atoms with Crippen LogP contribution in [0.3, 0.4) is 0 Å². The normalized spacial score (nSPS) is 12.4. The third-order valence-electron chi connectivity index (χ3n) is 5.17. The molecule has 0 saturated carbocycles. The summed E-state index contributed by atoms with van der Waals surface area (Å²) < 4.78 is 2.15. The van der Waals surface area contributed by atoms with Crippen molar-refractivity contribution in [3.63, 3.8) is 0 Å². The van der Waals surface area contributed by atoms with Crippen molar-refractivity contribution < 1.29 is 9.59 Å². The van der Waals surface area contributed by atoms with Gasteiger partial charge < -0.3 is 9.88 Å². The lowest BCUT2D eigenvalue weighted by Gasteiger charge is -2.10. The van der Waals surface area contributed by atoms with Gasteiger partial charge in [-0.2, -0.15) is 0 Å². The number of fused-ring (bicyclic) bond motifs is 1. The molecule has 1 aliphatic rings. The van der Waals surface area contributed by atoms with Crippen molar-refractivity contribution >= 4 is 29.1 Å². The minimum atomic E-state index is -0.320. The Labute approximate surface area is 184 Å². The molecule has 0 saturated heterocycles. The minimum Gasteiger partial charge on any atom is -0.325 e. The van der Waals surface area contributed by atoms with Gasteiger partial charge in [0, 0.05) is 40.9 Å². The van der Waals surface area contributed by atoms with Crippen LogP contribution in [0.1, 0.15) is 26.3 Å². The average Bonchev–Trinajstić information content (AvgIpc) is 3.42. The van der Waals surface area contributed by atoms with Crippen molar-refractivity contribution in [3.8, 4) is 11.3 Å². The van der Waals surface area contributed by atoms with Crippen molar-refractivity contribution in [2.45, 2.75) is 11.7 Å². The van der Waals surface area contributed by atoms with E-state index >= 15 is 0 Å². The molecule has 5 nitrogen and oxygen atoms in total. The molecule has 1 aliphatic heterocycles. The van der Waals surface area contributed by atoms with Crippen LogP contribution < -0.4 is 5.32 Å². The number of rotatable bonds is 5. The Morgan fingerprint density at radius 2 is 1.68 bits per heavy atom. The number of nitrogens with zero attached hydrogens (tertiary/aromatic N) is 2. The lowest BCUT2D eigenvalue weighted by Crippen LogP contribution is -2.17. The zero-order valence-electron chi connectivity index (χ0n) is 16.6. The fourth-order valence-electron chi connectivity index (χ4n) is 3.63. The first-order valence-electron chi connectivity index (χ1n) is 9.99. The summed E-state index contributed by atoms with van der Waals surface area (Å²) in [7, 11) is 0. The Kier molecular flexibility index (Phi) is 5.14. The Bertz CT molecular complexity index is 1260. The molecule has 0 unspecified atom stereocenters. The van der Waals surface area contributed by atoms with Crippen molar-refractivity contribution in [2.24, 2.45) is 0 Å². The van der Waals surface area contributed by atoms with E-state index in [1.807, 2.05) is 48.7 Å². The molecule has 152 valence electrons. The fourth-order valence-corrected chi connectivity index (χ4v) is 4.57. The highest BCUT2D eigenvalue weighted by Crippen LogP contribution is 2.30. The first kappa shape index (κ1) is 19.3. The molecule has 2 heterocycles. The maximum Gasteiger partial charge on any atom is 0.256 e. The highest BCUT2D eigenvalue weighted by atomic mass is 32.2. The van der Waals surface area contributed by atoms with Gasteiger partial charge >= 0.3 is 0 Å². The van der Waals surface area contributed by atoms with Gasteiger partial charge in [0.1, 0.15) is 0 Å². The topological polar surface area (TPSA) is 64.0 Å². The lowest BCUT2D eigenvalue weighted by atomic mass is 9.98. The highest BCUT2D eigenvalue weighted by molar-refractivity contribution is 7.99. The molecule has 31 heavy (non-hydrogen) atoms. The summed E-state index contributed by atoms with van der Waals surface area (Å²) in [6.07, 6.45) is 2.05. The van der Waals surface area contributed by atoms with Gasteiger partial charge in [-0.25, -0.2) is 4.98 Å². The second-order valence-electron chi connectivity index (χ2n) is 7.23. The summed E-state index contributed by atoms with van der Waals surface area (Å²) in [6.45, 7) is 0.968. The van der Waals surface area contributed by atoms with Gasteiger partial charge in [-0.15, -0.1) is 0 Å². The maximum absolute atomic E-state index is 13.0. The van der Waals surface area contributed by atoms with Gasteiger partial charge in [0.15, 0.2) is 10.9 Å². The Morgan fingerprint density at radius 1 is 0.903 bits per heavy atom. The van der Waals surface area contributed by atoms with Crippen LogP contribution >= 0.6 is 11.8 Å². The second kappa shape index (κ2) is 8.24. The largest absolute Gasteiger partial charge is 0.325 e.